The molecular weight excluding hydrogens is 370 g/mol. The summed E-state index contributed by atoms with van der Waals surface area (Å²) in [6, 6.07) is 18.4. The molecule has 0 spiro atoms. The molecule has 2 saturated heterocycles. The van der Waals surface area contributed by atoms with E-state index in [4.69, 9.17) is 0 Å². The molecule has 2 aromatic carbocycles. The van der Waals surface area contributed by atoms with Crippen LogP contribution in [0.3, 0.4) is 0 Å². The molecular formula is C25H25N5. The van der Waals surface area contributed by atoms with Gasteiger partial charge in [-0.1, -0.05) is 18.2 Å². The number of pyridine rings is 1. The summed E-state index contributed by atoms with van der Waals surface area (Å²) in [5.74, 6) is 0.680. The van der Waals surface area contributed by atoms with E-state index in [2.05, 4.69) is 63.4 Å². The topological polar surface area (TPSA) is 55.2 Å². The summed E-state index contributed by atoms with van der Waals surface area (Å²) < 4.78 is 0. The number of hydrogen-bond acceptors (Lipinski definition) is 5. The van der Waals surface area contributed by atoms with Gasteiger partial charge in [0.05, 0.1) is 17.1 Å². The summed E-state index contributed by atoms with van der Waals surface area (Å²) in [6.45, 7) is 7.56. The Bertz CT molecular complexity index is 1180. The SMILES string of the molecule is CC1CN(c2ccc(C#N)c3ncccc23)CC2c3ccc(C4CNC4)cc3CN12. The summed E-state index contributed by atoms with van der Waals surface area (Å²) >= 11 is 0. The maximum atomic E-state index is 9.48. The molecule has 0 saturated carbocycles. The van der Waals surface area contributed by atoms with Crippen molar-refractivity contribution >= 4 is 16.6 Å². The Morgan fingerprint density at radius 2 is 2.03 bits per heavy atom. The lowest BCUT2D eigenvalue weighted by molar-refractivity contribution is 0.134. The second-order valence-corrected chi connectivity index (χ2v) is 8.90. The van der Waals surface area contributed by atoms with Gasteiger partial charge in [0.25, 0.3) is 0 Å². The number of nitrogens with zero attached hydrogens (tertiary/aromatic N) is 4. The van der Waals surface area contributed by atoms with Gasteiger partial charge in [-0.25, -0.2) is 0 Å². The number of nitriles is 1. The van der Waals surface area contributed by atoms with E-state index in [1.807, 2.05) is 12.1 Å². The molecule has 150 valence electrons. The molecule has 2 unspecified atom stereocenters. The Kier molecular flexibility index (Phi) is 4.05. The van der Waals surface area contributed by atoms with Crippen molar-refractivity contribution in [2.24, 2.45) is 0 Å². The van der Waals surface area contributed by atoms with Crippen LogP contribution in [-0.4, -0.2) is 42.1 Å². The Hall–Kier alpha value is -2.94. The van der Waals surface area contributed by atoms with E-state index < -0.39 is 0 Å². The van der Waals surface area contributed by atoms with Gasteiger partial charge >= 0.3 is 0 Å². The van der Waals surface area contributed by atoms with Gasteiger partial charge < -0.3 is 10.2 Å². The van der Waals surface area contributed by atoms with Crippen molar-refractivity contribution in [3.63, 3.8) is 0 Å². The Morgan fingerprint density at radius 3 is 2.83 bits per heavy atom. The van der Waals surface area contributed by atoms with E-state index in [9.17, 15) is 5.26 Å². The van der Waals surface area contributed by atoms with Crippen LogP contribution in [0.1, 0.15) is 41.1 Å². The van der Waals surface area contributed by atoms with Gasteiger partial charge in [-0.15, -0.1) is 0 Å². The first-order chi connectivity index (χ1) is 14.7. The van der Waals surface area contributed by atoms with Crippen molar-refractivity contribution in [3.8, 4) is 6.07 Å². The van der Waals surface area contributed by atoms with E-state index in [-0.39, 0.29) is 0 Å². The van der Waals surface area contributed by atoms with Gasteiger partial charge in [-0.3, -0.25) is 9.88 Å². The Morgan fingerprint density at radius 1 is 1.13 bits per heavy atom. The van der Waals surface area contributed by atoms with Gasteiger partial charge in [0.15, 0.2) is 0 Å². The summed E-state index contributed by atoms with van der Waals surface area (Å²) in [6.07, 6.45) is 1.77. The van der Waals surface area contributed by atoms with Gasteiger partial charge in [-0.05, 0) is 47.9 Å². The number of rotatable bonds is 2. The van der Waals surface area contributed by atoms with Crippen LogP contribution in [0.4, 0.5) is 5.69 Å². The van der Waals surface area contributed by atoms with Gasteiger partial charge in [-0.2, -0.15) is 5.26 Å². The summed E-state index contributed by atoms with van der Waals surface area (Å²) in [5.41, 5.74) is 7.11. The Labute approximate surface area is 176 Å². The van der Waals surface area contributed by atoms with Crippen LogP contribution in [0.5, 0.6) is 0 Å². The summed E-state index contributed by atoms with van der Waals surface area (Å²) in [7, 11) is 0. The largest absolute Gasteiger partial charge is 0.368 e. The van der Waals surface area contributed by atoms with E-state index in [0.717, 1.165) is 43.6 Å². The molecule has 3 aromatic rings. The lowest BCUT2D eigenvalue weighted by atomic mass is 9.90. The van der Waals surface area contributed by atoms with Crippen LogP contribution in [0.2, 0.25) is 0 Å². The monoisotopic (exact) mass is 395 g/mol. The van der Waals surface area contributed by atoms with Crippen LogP contribution in [0, 0.1) is 11.3 Å². The highest BCUT2D eigenvalue weighted by atomic mass is 15.3. The third-order valence-corrected chi connectivity index (χ3v) is 7.18. The molecule has 0 amide bonds. The fourth-order valence-corrected chi connectivity index (χ4v) is 5.45. The summed E-state index contributed by atoms with van der Waals surface area (Å²) in [4.78, 5) is 9.66. The minimum absolute atomic E-state index is 0.416. The normalized spacial score (nSPS) is 23.7. The van der Waals surface area contributed by atoms with Crippen LogP contribution in [0.25, 0.3) is 10.9 Å². The highest BCUT2D eigenvalue weighted by Gasteiger charge is 2.39. The highest BCUT2D eigenvalue weighted by molar-refractivity contribution is 5.95. The van der Waals surface area contributed by atoms with Crippen LogP contribution >= 0.6 is 0 Å². The number of nitrogens with one attached hydrogen (secondary N) is 1. The second kappa shape index (κ2) is 6.80. The quantitative estimate of drug-likeness (QED) is 0.719. The zero-order chi connectivity index (χ0) is 20.2. The molecule has 3 aliphatic heterocycles. The molecule has 1 aromatic heterocycles. The lowest BCUT2D eigenvalue weighted by Crippen LogP contribution is -2.51. The first-order valence-electron chi connectivity index (χ1n) is 10.8. The minimum Gasteiger partial charge on any atom is -0.368 e. The molecule has 5 heteroatoms. The van der Waals surface area contributed by atoms with Crippen LogP contribution in [-0.2, 0) is 6.54 Å². The van der Waals surface area contributed by atoms with E-state index in [1.165, 1.54) is 22.4 Å². The number of hydrogen-bond donors (Lipinski definition) is 1. The lowest BCUT2D eigenvalue weighted by Gasteiger charge is -2.44. The molecule has 2 atom stereocenters. The van der Waals surface area contributed by atoms with Crippen molar-refractivity contribution in [3.05, 3.63) is 70.9 Å². The third-order valence-electron chi connectivity index (χ3n) is 7.18. The van der Waals surface area contributed by atoms with Crippen molar-refractivity contribution in [2.75, 3.05) is 31.1 Å². The molecule has 6 rings (SSSR count). The van der Waals surface area contributed by atoms with E-state index >= 15 is 0 Å². The molecule has 4 heterocycles. The Balaban J connectivity index is 1.37. The maximum Gasteiger partial charge on any atom is 0.101 e. The predicted octanol–water partition coefficient (Wildman–Crippen LogP) is 3.56. The average molecular weight is 396 g/mol. The first-order valence-corrected chi connectivity index (χ1v) is 10.8. The maximum absolute atomic E-state index is 9.48. The fourth-order valence-electron chi connectivity index (χ4n) is 5.45. The van der Waals surface area contributed by atoms with Crippen molar-refractivity contribution in [1.29, 1.82) is 5.26 Å². The smallest absolute Gasteiger partial charge is 0.101 e. The molecule has 30 heavy (non-hydrogen) atoms. The van der Waals surface area contributed by atoms with Crippen LogP contribution < -0.4 is 10.2 Å². The molecule has 1 N–H and O–H groups in total. The highest BCUT2D eigenvalue weighted by Crippen LogP contribution is 2.42. The van der Waals surface area contributed by atoms with Gasteiger partial charge in [0.2, 0.25) is 0 Å². The van der Waals surface area contributed by atoms with Gasteiger partial charge in [0, 0.05) is 62.0 Å². The second-order valence-electron chi connectivity index (χ2n) is 8.90. The zero-order valence-electron chi connectivity index (χ0n) is 17.2. The standard InChI is InChI=1S/C25H25N5/c1-16-13-29(23-7-5-18(10-26)25-22(23)3-2-8-28-25)15-24-21-6-4-17(20-11-27-12-20)9-19(21)14-30(16)24/h2-9,16,20,24,27H,11-15H2,1H3. The molecule has 5 nitrogen and oxygen atoms in total. The van der Waals surface area contributed by atoms with Crippen molar-refractivity contribution in [2.45, 2.75) is 31.5 Å². The van der Waals surface area contributed by atoms with E-state index in [1.54, 1.807) is 6.20 Å². The fraction of sp³-hybridized carbons (Fsp3) is 0.360. The number of benzene rings is 2. The number of anilines is 1. The van der Waals surface area contributed by atoms with Crippen molar-refractivity contribution < 1.29 is 0 Å². The molecule has 3 aliphatic rings. The zero-order valence-corrected chi connectivity index (χ0v) is 17.2. The molecule has 2 fully saturated rings. The number of piperazine rings is 1. The predicted molar refractivity (Wildman–Crippen MR) is 118 cm³/mol. The minimum atomic E-state index is 0.416. The third kappa shape index (κ3) is 2.64. The van der Waals surface area contributed by atoms with Gasteiger partial charge in [0.1, 0.15) is 6.07 Å². The van der Waals surface area contributed by atoms with Crippen LogP contribution in [0.15, 0.2) is 48.7 Å². The average Bonchev–Trinajstić information content (AvgIpc) is 3.10. The number of aromatic nitrogens is 1. The molecule has 0 aliphatic carbocycles. The summed E-state index contributed by atoms with van der Waals surface area (Å²) in [5, 5.41) is 13.9. The number of fused-ring (bicyclic) bond motifs is 4. The first kappa shape index (κ1) is 17.9. The van der Waals surface area contributed by atoms with E-state index in [0.29, 0.717) is 23.6 Å². The molecule has 0 radical (unpaired) electrons. The molecule has 0 bridgehead atoms. The van der Waals surface area contributed by atoms with Crippen molar-refractivity contribution in [1.82, 2.24) is 15.2 Å².